The van der Waals surface area contributed by atoms with Gasteiger partial charge in [-0.1, -0.05) is 43.7 Å². The molecule has 37 heavy (non-hydrogen) atoms. The van der Waals surface area contributed by atoms with E-state index in [9.17, 15) is 9.59 Å². The number of benzene rings is 2. The van der Waals surface area contributed by atoms with Crippen molar-refractivity contribution in [2.45, 2.75) is 53.6 Å². The van der Waals surface area contributed by atoms with Gasteiger partial charge in [0.2, 0.25) is 0 Å². The molecule has 192 valence electrons. The predicted octanol–water partition coefficient (Wildman–Crippen LogP) is 5.46. The van der Waals surface area contributed by atoms with Crippen LogP contribution in [0.2, 0.25) is 0 Å². The van der Waals surface area contributed by atoms with Crippen LogP contribution in [0.1, 0.15) is 57.3 Å². The number of hydrogen-bond acceptors (Lipinski definition) is 4. The van der Waals surface area contributed by atoms with Crippen molar-refractivity contribution < 1.29 is 4.79 Å². The lowest BCUT2D eigenvalue weighted by atomic mass is 9.95. The highest BCUT2D eigenvalue weighted by atomic mass is 16.1. The normalized spacial score (nSPS) is 11.3. The average molecular weight is 497 g/mol. The molecule has 0 fully saturated rings. The highest BCUT2D eigenvalue weighted by molar-refractivity contribution is 6.04. The van der Waals surface area contributed by atoms with Gasteiger partial charge in [0.05, 0.1) is 5.52 Å². The molecule has 0 radical (unpaired) electrons. The van der Waals surface area contributed by atoms with Crippen LogP contribution in [0.5, 0.6) is 0 Å². The molecule has 0 unspecified atom stereocenters. The first-order valence-electron chi connectivity index (χ1n) is 12.8. The van der Waals surface area contributed by atoms with Gasteiger partial charge in [0.1, 0.15) is 0 Å². The molecule has 4 rings (SSSR count). The van der Waals surface area contributed by atoms with Gasteiger partial charge in [0, 0.05) is 41.0 Å². The van der Waals surface area contributed by atoms with Crippen LogP contribution in [0, 0.1) is 20.8 Å². The Bertz CT molecular complexity index is 1500. The van der Waals surface area contributed by atoms with Crippen molar-refractivity contribution in [3.05, 3.63) is 98.1 Å². The number of aryl methyl sites for hydroxylation is 4. The molecule has 1 amide bonds. The van der Waals surface area contributed by atoms with Crippen molar-refractivity contribution >= 4 is 16.8 Å². The van der Waals surface area contributed by atoms with Gasteiger partial charge in [0.15, 0.2) is 0 Å². The monoisotopic (exact) mass is 496 g/mol. The van der Waals surface area contributed by atoms with Crippen LogP contribution >= 0.6 is 0 Å². The van der Waals surface area contributed by atoms with E-state index in [2.05, 4.69) is 66.6 Å². The Balaban J connectivity index is 1.65. The van der Waals surface area contributed by atoms with Gasteiger partial charge in [-0.2, -0.15) is 0 Å². The van der Waals surface area contributed by atoms with E-state index in [1.165, 1.54) is 5.56 Å². The van der Waals surface area contributed by atoms with Gasteiger partial charge >= 0.3 is 0 Å². The van der Waals surface area contributed by atoms with Gasteiger partial charge in [-0.05, 0) is 87.3 Å². The molecule has 0 spiro atoms. The number of nitrogens with one attached hydrogen (secondary N) is 2. The lowest BCUT2D eigenvalue weighted by Crippen LogP contribution is -2.29. The summed E-state index contributed by atoms with van der Waals surface area (Å²) in [5.74, 6) is -0.209. The Morgan fingerprint density at radius 3 is 2.43 bits per heavy atom. The summed E-state index contributed by atoms with van der Waals surface area (Å²) in [7, 11) is 4.13. The van der Waals surface area contributed by atoms with Crippen LogP contribution in [-0.4, -0.2) is 34.9 Å². The number of nitrogens with zero attached hydrogens (tertiary/aromatic N) is 2. The lowest BCUT2D eigenvalue weighted by molar-refractivity contribution is 0.0950. The van der Waals surface area contributed by atoms with E-state index in [-0.39, 0.29) is 18.0 Å². The van der Waals surface area contributed by atoms with Crippen molar-refractivity contribution in [2.75, 3.05) is 14.1 Å². The van der Waals surface area contributed by atoms with E-state index in [1.54, 1.807) is 0 Å². The number of aromatic nitrogens is 2. The minimum absolute atomic E-state index is 0.141. The fraction of sp³-hybridized carbons (Fsp3) is 0.323. The summed E-state index contributed by atoms with van der Waals surface area (Å²) in [6.07, 6.45) is 1.73. The molecule has 0 saturated carbocycles. The summed E-state index contributed by atoms with van der Waals surface area (Å²) >= 11 is 0. The first-order chi connectivity index (χ1) is 17.7. The van der Waals surface area contributed by atoms with Crippen LogP contribution in [0.4, 0.5) is 0 Å². The third kappa shape index (κ3) is 5.81. The molecule has 0 aliphatic rings. The van der Waals surface area contributed by atoms with E-state index in [0.29, 0.717) is 11.1 Å². The van der Waals surface area contributed by atoms with Gasteiger partial charge in [-0.15, -0.1) is 0 Å². The topological polar surface area (TPSA) is 78.1 Å². The fourth-order valence-corrected chi connectivity index (χ4v) is 4.93. The summed E-state index contributed by atoms with van der Waals surface area (Å²) in [5, 5.41) is 3.99. The zero-order valence-corrected chi connectivity index (χ0v) is 22.7. The Kier molecular flexibility index (Phi) is 7.89. The van der Waals surface area contributed by atoms with Crippen LogP contribution in [0.3, 0.4) is 0 Å². The Labute approximate surface area is 218 Å². The molecule has 2 aromatic carbocycles. The van der Waals surface area contributed by atoms with Crippen molar-refractivity contribution in [3.8, 4) is 11.1 Å². The number of pyridine rings is 2. The summed E-state index contributed by atoms with van der Waals surface area (Å²) in [5.41, 5.74) is 8.89. The Morgan fingerprint density at radius 1 is 1.03 bits per heavy atom. The molecule has 0 aliphatic carbocycles. The molecule has 2 N–H and O–H groups in total. The van der Waals surface area contributed by atoms with Gasteiger partial charge in [-0.3, -0.25) is 14.6 Å². The molecule has 2 heterocycles. The van der Waals surface area contributed by atoms with E-state index < -0.39 is 0 Å². The predicted molar refractivity (Wildman–Crippen MR) is 151 cm³/mol. The number of rotatable bonds is 8. The van der Waals surface area contributed by atoms with E-state index in [0.717, 1.165) is 63.9 Å². The maximum atomic E-state index is 13.2. The van der Waals surface area contributed by atoms with Crippen molar-refractivity contribution in [1.82, 2.24) is 20.2 Å². The first-order valence-corrected chi connectivity index (χ1v) is 12.8. The molecule has 6 heteroatoms. The molecule has 6 nitrogen and oxygen atoms in total. The Hall–Kier alpha value is -3.77. The number of aromatic amines is 1. The second-order valence-corrected chi connectivity index (χ2v) is 10.1. The number of carbonyl (C=O) groups excluding carboxylic acids is 1. The number of hydrogen-bond donors (Lipinski definition) is 2. The van der Waals surface area contributed by atoms with Crippen LogP contribution < -0.4 is 10.9 Å². The first kappa shape index (κ1) is 26.3. The molecule has 0 atom stereocenters. The molecule has 0 bridgehead atoms. The third-order valence-corrected chi connectivity index (χ3v) is 6.68. The summed E-state index contributed by atoms with van der Waals surface area (Å²) in [4.78, 5) is 35.6. The SMILES string of the molecule is CCCc1cc(C)[nH]c(=O)c1CNC(=O)c1ccc2c(-c3ccc(CN(C)C)cc3)cc(C)nc2c1C. The van der Waals surface area contributed by atoms with Gasteiger partial charge in [0.25, 0.3) is 11.5 Å². The third-order valence-electron chi connectivity index (χ3n) is 6.68. The highest BCUT2D eigenvalue weighted by Gasteiger charge is 2.17. The van der Waals surface area contributed by atoms with Crippen LogP contribution in [0.15, 0.2) is 53.3 Å². The zero-order valence-electron chi connectivity index (χ0n) is 22.7. The quantitative estimate of drug-likeness (QED) is 0.340. The summed E-state index contributed by atoms with van der Waals surface area (Å²) in [6, 6.07) is 16.5. The standard InChI is InChI=1S/C31H36N4O2/c1-7-8-24-15-19(2)34-31(37)28(24)17-32-30(36)25-13-14-26-27(16-20(3)33-29(26)21(25)4)23-11-9-22(10-12-23)18-35(5)6/h9-16H,7-8,17-18H2,1-6H3,(H,32,36)(H,34,37). The van der Waals surface area contributed by atoms with Gasteiger partial charge < -0.3 is 15.2 Å². The van der Waals surface area contributed by atoms with Crippen molar-refractivity contribution in [1.29, 1.82) is 0 Å². The zero-order chi connectivity index (χ0) is 26.7. The second kappa shape index (κ2) is 11.1. The minimum atomic E-state index is -0.209. The smallest absolute Gasteiger partial charge is 0.253 e. The van der Waals surface area contributed by atoms with Crippen molar-refractivity contribution in [2.24, 2.45) is 0 Å². The number of amides is 1. The fourth-order valence-electron chi connectivity index (χ4n) is 4.93. The van der Waals surface area contributed by atoms with Crippen molar-refractivity contribution in [3.63, 3.8) is 0 Å². The molecular weight excluding hydrogens is 460 g/mol. The summed E-state index contributed by atoms with van der Waals surface area (Å²) < 4.78 is 0. The molecule has 2 aromatic heterocycles. The Morgan fingerprint density at radius 2 is 1.76 bits per heavy atom. The molecular formula is C31H36N4O2. The second-order valence-electron chi connectivity index (χ2n) is 10.1. The average Bonchev–Trinajstić information content (AvgIpc) is 2.84. The molecule has 4 aromatic rings. The van der Waals surface area contributed by atoms with E-state index in [1.807, 2.05) is 39.0 Å². The largest absolute Gasteiger partial charge is 0.348 e. The van der Waals surface area contributed by atoms with Crippen LogP contribution in [-0.2, 0) is 19.5 Å². The maximum Gasteiger partial charge on any atom is 0.253 e. The highest BCUT2D eigenvalue weighted by Crippen LogP contribution is 2.32. The van der Waals surface area contributed by atoms with Crippen LogP contribution in [0.25, 0.3) is 22.0 Å². The number of fused-ring (bicyclic) bond motifs is 1. The summed E-state index contributed by atoms with van der Waals surface area (Å²) in [6.45, 7) is 8.96. The molecule has 0 aliphatic heterocycles. The molecule has 0 saturated heterocycles. The number of carbonyl (C=O) groups is 1. The van der Waals surface area contributed by atoms with E-state index in [4.69, 9.17) is 4.98 Å². The number of H-pyrrole nitrogens is 1. The van der Waals surface area contributed by atoms with E-state index >= 15 is 0 Å². The van der Waals surface area contributed by atoms with Gasteiger partial charge in [-0.25, -0.2) is 0 Å². The maximum absolute atomic E-state index is 13.2. The minimum Gasteiger partial charge on any atom is -0.348 e. The lowest BCUT2D eigenvalue weighted by Gasteiger charge is -2.15.